The van der Waals surface area contributed by atoms with Crippen LogP contribution in [0.25, 0.3) is 5.76 Å². The maximum Gasteiger partial charge on any atom is 0.295 e. The fraction of sp³-hybridized carbons (Fsp3) is 0.391. The Hall–Kier alpha value is -2.44. The van der Waals surface area contributed by atoms with Crippen LogP contribution in [0.3, 0.4) is 0 Å². The number of likely N-dealkylation sites (N-methyl/N-ethyl adjacent to an activating group) is 1. The lowest BCUT2D eigenvalue weighted by Gasteiger charge is -2.27. The number of carbonyl (C=O) groups is 2. The van der Waals surface area contributed by atoms with E-state index in [4.69, 9.17) is 0 Å². The number of amides is 1. The number of Topliss-reactive ketones (excluding diaryl/α,β-unsaturated/α-hetero) is 1. The Kier molecular flexibility index (Phi) is 6.55. The second kappa shape index (κ2) is 8.93. The van der Waals surface area contributed by atoms with Crippen LogP contribution in [0.15, 0.2) is 41.3 Å². The van der Waals surface area contributed by atoms with Gasteiger partial charge in [-0.3, -0.25) is 9.59 Å². The molecular weight excluding hydrogens is 384 g/mol. The van der Waals surface area contributed by atoms with Crippen LogP contribution in [0.1, 0.15) is 41.5 Å². The minimum absolute atomic E-state index is 0.0895. The molecule has 1 aromatic carbocycles. The van der Waals surface area contributed by atoms with E-state index >= 15 is 0 Å². The highest BCUT2D eigenvalue weighted by atomic mass is 32.1. The predicted molar refractivity (Wildman–Crippen MR) is 117 cm³/mol. The Bertz CT molecular complexity index is 930. The quantitative estimate of drug-likeness (QED) is 0.422. The van der Waals surface area contributed by atoms with Gasteiger partial charge in [0.1, 0.15) is 5.76 Å². The second-order valence-electron chi connectivity index (χ2n) is 7.35. The maximum absolute atomic E-state index is 13.0. The van der Waals surface area contributed by atoms with Crippen LogP contribution in [0.4, 0.5) is 0 Å². The van der Waals surface area contributed by atoms with Crippen LogP contribution < -0.4 is 0 Å². The lowest BCUT2D eigenvalue weighted by molar-refractivity contribution is -0.140. The molecule has 1 fully saturated rings. The van der Waals surface area contributed by atoms with E-state index in [9.17, 15) is 14.7 Å². The summed E-state index contributed by atoms with van der Waals surface area (Å²) in [5.41, 5.74) is 2.65. The first-order valence-electron chi connectivity index (χ1n) is 10.0. The van der Waals surface area contributed by atoms with Crippen molar-refractivity contribution < 1.29 is 14.7 Å². The first-order chi connectivity index (χ1) is 13.9. The molecule has 6 heteroatoms. The third-order valence-electron chi connectivity index (χ3n) is 5.55. The molecule has 154 valence electrons. The van der Waals surface area contributed by atoms with Gasteiger partial charge >= 0.3 is 0 Å². The van der Waals surface area contributed by atoms with Crippen molar-refractivity contribution in [1.82, 2.24) is 9.80 Å². The van der Waals surface area contributed by atoms with Crippen molar-refractivity contribution in [3.63, 3.8) is 0 Å². The number of rotatable bonds is 7. The Morgan fingerprint density at radius 3 is 2.52 bits per heavy atom. The van der Waals surface area contributed by atoms with Gasteiger partial charge in [0.25, 0.3) is 11.7 Å². The van der Waals surface area contributed by atoms with E-state index in [0.29, 0.717) is 18.7 Å². The molecule has 1 atom stereocenters. The lowest BCUT2D eigenvalue weighted by Crippen LogP contribution is -2.37. The second-order valence-corrected chi connectivity index (χ2v) is 8.33. The van der Waals surface area contributed by atoms with Crippen LogP contribution in [0.5, 0.6) is 0 Å². The summed E-state index contributed by atoms with van der Waals surface area (Å²) in [6.07, 6.45) is 0. The summed E-state index contributed by atoms with van der Waals surface area (Å²) >= 11 is 1.49. The van der Waals surface area contributed by atoms with Gasteiger partial charge in [-0.05, 0) is 50.0 Å². The average molecular weight is 413 g/mol. The topological polar surface area (TPSA) is 60.9 Å². The van der Waals surface area contributed by atoms with Gasteiger partial charge < -0.3 is 14.9 Å². The molecule has 0 radical (unpaired) electrons. The summed E-state index contributed by atoms with van der Waals surface area (Å²) in [5.74, 6) is -1.24. The largest absolute Gasteiger partial charge is 0.507 e. The van der Waals surface area contributed by atoms with Crippen LogP contribution in [0.2, 0.25) is 0 Å². The van der Waals surface area contributed by atoms with Gasteiger partial charge in [-0.15, -0.1) is 11.3 Å². The molecule has 0 spiro atoms. The SMILES string of the molecule is CCN(CC)CCN1C(=O)C(=O)/C(=C(\O)c2cc(C)ccc2C)C1c1cccs1. The first-order valence-corrected chi connectivity index (χ1v) is 10.9. The molecule has 1 unspecified atom stereocenters. The molecule has 0 saturated carbocycles. The summed E-state index contributed by atoms with van der Waals surface area (Å²) in [4.78, 5) is 30.6. The standard InChI is InChI=1S/C23H28N2O3S/c1-5-24(6-2)11-12-25-20(18-8-7-13-29-18)19(22(27)23(25)28)21(26)17-14-15(3)9-10-16(17)4/h7-10,13-14,20,26H,5-6,11-12H2,1-4H3/b21-19-. The number of benzene rings is 1. The Morgan fingerprint density at radius 1 is 1.17 bits per heavy atom. The number of nitrogens with zero attached hydrogens (tertiary/aromatic N) is 2. The lowest BCUT2D eigenvalue weighted by atomic mass is 9.96. The van der Waals surface area contributed by atoms with Crippen LogP contribution >= 0.6 is 11.3 Å². The molecule has 2 heterocycles. The Morgan fingerprint density at radius 2 is 1.90 bits per heavy atom. The molecule has 1 N–H and O–H groups in total. The molecule has 1 amide bonds. The van der Waals surface area contributed by atoms with Gasteiger partial charge in [-0.1, -0.05) is 37.6 Å². The van der Waals surface area contributed by atoms with E-state index < -0.39 is 17.7 Å². The van der Waals surface area contributed by atoms with Crippen LogP contribution in [-0.2, 0) is 9.59 Å². The summed E-state index contributed by atoms with van der Waals surface area (Å²) in [6, 6.07) is 9.02. The average Bonchev–Trinajstić information content (AvgIpc) is 3.32. The highest BCUT2D eigenvalue weighted by molar-refractivity contribution is 7.10. The van der Waals surface area contributed by atoms with E-state index in [-0.39, 0.29) is 11.3 Å². The fourth-order valence-corrected chi connectivity index (χ4v) is 4.62. The van der Waals surface area contributed by atoms with Gasteiger partial charge in [0.15, 0.2) is 0 Å². The van der Waals surface area contributed by atoms with Gasteiger partial charge in [-0.25, -0.2) is 0 Å². The van der Waals surface area contributed by atoms with E-state index in [1.54, 1.807) is 4.90 Å². The molecule has 1 aromatic heterocycles. The number of thiophene rings is 1. The van der Waals surface area contributed by atoms with Crippen molar-refractivity contribution in [2.75, 3.05) is 26.2 Å². The molecule has 0 aliphatic carbocycles. The number of likely N-dealkylation sites (tertiary alicyclic amines) is 1. The van der Waals surface area contributed by atoms with Crippen LogP contribution in [0, 0.1) is 13.8 Å². The predicted octanol–water partition coefficient (Wildman–Crippen LogP) is 4.13. The highest BCUT2D eigenvalue weighted by Crippen LogP contribution is 2.41. The third-order valence-corrected chi connectivity index (χ3v) is 6.48. The Balaban J connectivity index is 2.09. The number of hydrogen-bond acceptors (Lipinski definition) is 5. The molecule has 1 saturated heterocycles. The van der Waals surface area contributed by atoms with Gasteiger partial charge in [0, 0.05) is 23.5 Å². The third kappa shape index (κ3) is 4.14. The number of ketones is 1. The molecule has 5 nitrogen and oxygen atoms in total. The monoisotopic (exact) mass is 412 g/mol. The Labute approximate surface area is 176 Å². The molecular formula is C23H28N2O3S. The molecule has 2 aromatic rings. The van der Waals surface area contributed by atoms with E-state index in [2.05, 4.69) is 18.7 Å². The summed E-state index contributed by atoms with van der Waals surface area (Å²) < 4.78 is 0. The summed E-state index contributed by atoms with van der Waals surface area (Å²) in [5, 5.41) is 13.1. The number of aliphatic hydroxyl groups is 1. The minimum atomic E-state index is -0.610. The highest BCUT2D eigenvalue weighted by Gasteiger charge is 2.46. The van der Waals surface area contributed by atoms with Crippen molar-refractivity contribution in [3.8, 4) is 0 Å². The molecule has 1 aliphatic rings. The van der Waals surface area contributed by atoms with Gasteiger partial charge in [0.05, 0.1) is 11.6 Å². The van der Waals surface area contributed by atoms with Crippen molar-refractivity contribution >= 4 is 28.8 Å². The summed E-state index contributed by atoms with van der Waals surface area (Å²) in [6.45, 7) is 10.9. The zero-order valence-electron chi connectivity index (χ0n) is 17.4. The van der Waals surface area contributed by atoms with E-state index in [1.165, 1.54) is 11.3 Å². The van der Waals surface area contributed by atoms with Crippen molar-refractivity contribution in [1.29, 1.82) is 0 Å². The van der Waals surface area contributed by atoms with E-state index in [0.717, 1.165) is 29.1 Å². The summed E-state index contributed by atoms with van der Waals surface area (Å²) in [7, 11) is 0. The van der Waals surface area contributed by atoms with Crippen molar-refractivity contribution in [2.45, 2.75) is 33.7 Å². The van der Waals surface area contributed by atoms with Crippen molar-refractivity contribution in [3.05, 3.63) is 62.9 Å². The zero-order chi connectivity index (χ0) is 21.1. The fourth-order valence-electron chi connectivity index (χ4n) is 3.78. The van der Waals surface area contributed by atoms with Gasteiger partial charge in [-0.2, -0.15) is 0 Å². The normalized spacial score (nSPS) is 18.8. The van der Waals surface area contributed by atoms with Gasteiger partial charge in [0.2, 0.25) is 0 Å². The smallest absolute Gasteiger partial charge is 0.295 e. The minimum Gasteiger partial charge on any atom is -0.507 e. The molecule has 1 aliphatic heterocycles. The molecule has 0 bridgehead atoms. The van der Waals surface area contributed by atoms with Crippen molar-refractivity contribution in [2.24, 2.45) is 0 Å². The van der Waals surface area contributed by atoms with Crippen LogP contribution in [-0.4, -0.2) is 52.8 Å². The molecule has 29 heavy (non-hydrogen) atoms. The zero-order valence-corrected chi connectivity index (χ0v) is 18.3. The number of aryl methyl sites for hydroxylation is 2. The molecule has 3 rings (SSSR count). The first kappa shape index (κ1) is 21.3. The van der Waals surface area contributed by atoms with E-state index in [1.807, 2.05) is 49.6 Å². The maximum atomic E-state index is 13.0. The number of aliphatic hydroxyl groups excluding tert-OH is 1. The number of carbonyl (C=O) groups excluding carboxylic acids is 2. The number of hydrogen-bond donors (Lipinski definition) is 1.